The number of rotatable bonds is 2. The van der Waals surface area contributed by atoms with Gasteiger partial charge in [0, 0.05) is 7.05 Å². The van der Waals surface area contributed by atoms with E-state index in [1.165, 1.54) is 0 Å². The first-order chi connectivity index (χ1) is 8.43. The molecule has 0 saturated heterocycles. The summed E-state index contributed by atoms with van der Waals surface area (Å²) in [5.74, 6) is 1.12. The summed E-state index contributed by atoms with van der Waals surface area (Å²) in [7, 11) is 1.69. The Kier molecular flexibility index (Phi) is 3.24. The predicted octanol–water partition coefficient (Wildman–Crippen LogP) is 3.18. The number of hydrogen-bond acceptors (Lipinski definition) is 3. The van der Waals surface area contributed by atoms with Crippen LogP contribution in [0.4, 0.5) is 0 Å². The van der Waals surface area contributed by atoms with Crippen LogP contribution in [0.5, 0.6) is 0 Å². The maximum atomic E-state index is 12.5. The zero-order valence-electron chi connectivity index (χ0n) is 10.7. The number of halogens is 1. The van der Waals surface area contributed by atoms with E-state index in [0.717, 1.165) is 19.3 Å². The molecule has 0 radical (unpaired) electrons. The molecule has 0 N–H and O–H groups in total. The molecule has 1 fully saturated rings. The van der Waals surface area contributed by atoms with Gasteiger partial charge in [-0.1, -0.05) is 0 Å². The fourth-order valence-electron chi connectivity index (χ4n) is 2.30. The van der Waals surface area contributed by atoms with Crippen LogP contribution in [0.1, 0.15) is 41.1 Å². The second kappa shape index (κ2) is 4.43. The van der Waals surface area contributed by atoms with Crippen LogP contribution in [-0.4, -0.2) is 23.4 Å². The van der Waals surface area contributed by atoms with Gasteiger partial charge in [0.25, 0.3) is 5.91 Å². The molecule has 0 aromatic carbocycles. The quantitative estimate of drug-likeness (QED) is 0.843. The number of hydrogen-bond donors (Lipinski definition) is 0. The maximum Gasteiger partial charge on any atom is 0.259 e. The number of amides is 1. The number of aryl methyl sites for hydroxylation is 2. The van der Waals surface area contributed by atoms with Gasteiger partial charge in [-0.25, -0.2) is 0 Å². The molecule has 96 valence electrons. The molecular formula is C13H15BrN2O2. The maximum absolute atomic E-state index is 12.5. The first-order valence-corrected chi connectivity index (χ1v) is 6.67. The summed E-state index contributed by atoms with van der Waals surface area (Å²) < 4.78 is 6.12. The highest BCUT2D eigenvalue weighted by atomic mass is 79.9. The third-order valence-corrected chi connectivity index (χ3v) is 4.69. The monoisotopic (exact) mass is 310 g/mol. The van der Waals surface area contributed by atoms with E-state index in [9.17, 15) is 10.1 Å². The lowest BCUT2D eigenvalue weighted by molar-refractivity contribution is 0.0495. The first-order valence-electron chi connectivity index (χ1n) is 5.88. The Labute approximate surface area is 115 Å². The van der Waals surface area contributed by atoms with Crippen LogP contribution < -0.4 is 0 Å². The van der Waals surface area contributed by atoms with Crippen molar-refractivity contribution in [1.29, 1.82) is 5.26 Å². The van der Waals surface area contributed by atoms with Gasteiger partial charge < -0.3 is 9.32 Å². The summed E-state index contributed by atoms with van der Waals surface area (Å²) in [6, 6.07) is 2.27. The number of furan rings is 1. The summed E-state index contributed by atoms with van der Waals surface area (Å²) in [5, 5.41) is 9.27. The Morgan fingerprint density at radius 1 is 1.44 bits per heavy atom. The molecular weight excluding hydrogens is 296 g/mol. The number of nitriles is 1. The zero-order valence-corrected chi connectivity index (χ0v) is 12.3. The van der Waals surface area contributed by atoms with Gasteiger partial charge in [0.05, 0.1) is 16.1 Å². The van der Waals surface area contributed by atoms with Crippen LogP contribution >= 0.6 is 15.9 Å². The highest BCUT2D eigenvalue weighted by Gasteiger charge is 2.44. The van der Waals surface area contributed by atoms with Gasteiger partial charge in [-0.15, -0.1) is 0 Å². The van der Waals surface area contributed by atoms with E-state index >= 15 is 0 Å². The lowest BCUT2D eigenvalue weighted by Crippen LogP contribution is -2.53. The number of nitrogens with zero attached hydrogens (tertiary/aromatic N) is 2. The molecule has 1 aliphatic carbocycles. The molecule has 1 aliphatic rings. The lowest BCUT2D eigenvalue weighted by Gasteiger charge is -2.42. The minimum Gasteiger partial charge on any atom is -0.465 e. The summed E-state index contributed by atoms with van der Waals surface area (Å²) in [5.41, 5.74) is -0.106. The first kappa shape index (κ1) is 13.2. The highest BCUT2D eigenvalue weighted by molar-refractivity contribution is 9.10. The number of carbonyl (C=O) groups is 1. The van der Waals surface area contributed by atoms with Crippen molar-refractivity contribution in [3.8, 4) is 6.07 Å². The third-order valence-electron chi connectivity index (χ3n) is 3.74. The Bertz CT molecular complexity index is 538. The molecule has 0 unspecified atom stereocenters. The molecule has 1 aromatic heterocycles. The van der Waals surface area contributed by atoms with Crippen molar-refractivity contribution in [2.75, 3.05) is 7.05 Å². The molecule has 1 amide bonds. The average molecular weight is 311 g/mol. The van der Waals surface area contributed by atoms with Gasteiger partial charge in [-0.05, 0) is 49.0 Å². The van der Waals surface area contributed by atoms with E-state index in [-0.39, 0.29) is 5.91 Å². The lowest BCUT2D eigenvalue weighted by atomic mass is 9.76. The van der Waals surface area contributed by atoms with Crippen molar-refractivity contribution >= 4 is 21.8 Å². The molecule has 0 atom stereocenters. The minimum atomic E-state index is -0.631. The molecule has 0 spiro atoms. The normalized spacial score (nSPS) is 16.8. The van der Waals surface area contributed by atoms with Crippen LogP contribution in [0, 0.1) is 25.2 Å². The highest BCUT2D eigenvalue weighted by Crippen LogP contribution is 2.38. The van der Waals surface area contributed by atoms with Crippen LogP contribution in [0.15, 0.2) is 8.89 Å². The van der Waals surface area contributed by atoms with Crippen molar-refractivity contribution < 1.29 is 9.21 Å². The van der Waals surface area contributed by atoms with Crippen LogP contribution in [0.3, 0.4) is 0 Å². The fourth-order valence-corrected chi connectivity index (χ4v) is 2.83. The van der Waals surface area contributed by atoms with Crippen molar-refractivity contribution in [2.24, 2.45) is 0 Å². The Hall–Kier alpha value is -1.28. The van der Waals surface area contributed by atoms with Gasteiger partial charge in [0.15, 0.2) is 0 Å². The van der Waals surface area contributed by atoms with E-state index in [1.807, 2.05) is 0 Å². The van der Waals surface area contributed by atoms with Crippen molar-refractivity contribution in [2.45, 2.75) is 38.6 Å². The van der Waals surface area contributed by atoms with Gasteiger partial charge >= 0.3 is 0 Å². The summed E-state index contributed by atoms with van der Waals surface area (Å²) in [6.45, 7) is 3.57. The second-order valence-corrected chi connectivity index (χ2v) is 5.56. The fraction of sp³-hybridized carbons (Fsp3) is 0.538. The standard InChI is InChI=1S/C13H15BrN2O2/c1-8-10(11(14)9(2)18-8)12(17)16(3)13(7-15)5-4-6-13/h4-6H2,1-3H3. The van der Waals surface area contributed by atoms with E-state index in [0.29, 0.717) is 21.6 Å². The average Bonchev–Trinajstić information content (AvgIpc) is 2.51. The van der Waals surface area contributed by atoms with Gasteiger partial charge in [0.1, 0.15) is 17.1 Å². The third kappa shape index (κ3) is 1.76. The SMILES string of the molecule is Cc1oc(C)c(C(=O)N(C)C2(C#N)CCC2)c1Br. The molecule has 18 heavy (non-hydrogen) atoms. The Morgan fingerprint density at radius 2 is 2.06 bits per heavy atom. The molecule has 5 heteroatoms. The van der Waals surface area contributed by atoms with Gasteiger partial charge in [-0.2, -0.15) is 5.26 Å². The molecule has 0 aliphatic heterocycles. The van der Waals surface area contributed by atoms with E-state index < -0.39 is 5.54 Å². The van der Waals surface area contributed by atoms with Crippen molar-refractivity contribution in [3.63, 3.8) is 0 Å². The smallest absolute Gasteiger partial charge is 0.259 e. The van der Waals surface area contributed by atoms with E-state index in [1.54, 1.807) is 25.8 Å². The second-order valence-electron chi connectivity index (χ2n) is 4.76. The zero-order chi connectivity index (χ0) is 13.5. The molecule has 4 nitrogen and oxygen atoms in total. The van der Waals surface area contributed by atoms with Crippen LogP contribution in [0.2, 0.25) is 0 Å². The van der Waals surface area contributed by atoms with Gasteiger partial charge in [-0.3, -0.25) is 4.79 Å². The summed E-state index contributed by atoms with van der Waals surface area (Å²) >= 11 is 3.37. The number of carbonyl (C=O) groups excluding carboxylic acids is 1. The summed E-state index contributed by atoms with van der Waals surface area (Å²) in [4.78, 5) is 14.0. The van der Waals surface area contributed by atoms with Crippen LogP contribution in [0.25, 0.3) is 0 Å². The molecule has 1 saturated carbocycles. The van der Waals surface area contributed by atoms with Crippen molar-refractivity contribution in [3.05, 3.63) is 21.6 Å². The van der Waals surface area contributed by atoms with Crippen molar-refractivity contribution in [1.82, 2.24) is 4.90 Å². The van der Waals surface area contributed by atoms with Gasteiger partial charge in [0.2, 0.25) is 0 Å². The topological polar surface area (TPSA) is 57.2 Å². The largest absolute Gasteiger partial charge is 0.465 e. The summed E-state index contributed by atoms with van der Waals surface area (Å²) in [6.07, 6.45) is 2.49. The minimum absolute atomic E-state index is 0.155. The Balaban J connectivity index is 2.35. The van der Waals surface area contributed by atoms with Crippen LogP contribution in [-0.2, 0) is 0 Å². The van der Waals surface area contributed by atoms with E-state index in [4.69, 9.17) is 4.42 Å². The van der Waals surface area contributed by atoms with E-state index in [2.05, 4.69) is 22.0 Å². The molecule has 1 heterocycles. The Morgan fingerprint density at radius 3 is 2.39 bits per heavy atom. The predicted molar refractivity (Wildman–Crippen MR) is 70.2 cm³/mol. The molecule has 0 bridgehead atoms. The molecule has 2 rings (SSSR count). The molecule has 1 aromatic rings.